The van der Waals surface area contributed by atoms with Gasteiger partial charge in [-0.05, 0) is 61.5 Å². The van der Waals surface area contributed by atoms with Crippen LogP contribution in [0.4, 0.5) is 0 Å². The third-order valence-corrected chi connectivity index (χ3v) is 5.45. The van der Waals surface area contributed by atoms with E-state index >= 15 is 0 Å². The van der Waals surface area contributed by atoms with E-state index in [9.17, 15) is 9.90 Å². The molecule has 2 N–H and O–H groups in total. The topological polar surface area (TPSA) is 106 Å². The molecule has 0 bridgehead atoms. The summed E-state index contributed by atoms with van der Waals surface area (Å²) in [4.78, 5) is 12.2. The smallest absolute Gasteiger partial charge is 0.337 e. The molecule has 162 valence electrons. The van der Waals surface area contributed by atoms with Crippen molar-refractivity contribution in [1.29, 1.82) is 0 Å². The fourth-order valence-corrected chi connectivity index (χ4v) is 3.73. The third kappa shape index (κ3) is 5.77. The average molecular weight is 460 g/mol. The van der Waals surface area contributed by atoms with Gasteiger partial charge in [-0.15, -0.1) is 5.10 Å². The van der Waals surface area contributed by atoms with Gasteiger partial charge in [-0.2, -0.15) is 5.10 Å². The van der Waals surface area contributed by atoms with E-state index in [1.54, 1.807) is 25.1 Å². The Hall–Kier alpha value is -3.04. The van der Waals surface area contributed by atoms with Gasteiger partial charge in [-0.1, -0.05) is 29.5 Å². The minimum Gasteiger partial charge on any atom is -0.870 e. The van der Waals surface area contributed by atoms with Gasteiger partial charge in [0.05, 0.1) is 35.8 Å². The fraction of sp³-hybridized carbons (Fsp3) is 0.238. The van der Waals surface area contributed by atoms with Crippen LogP contribution >= 0.6 is 23.4 Å². The highest BCUT2D eigenvalue weighted by molar-refractivity contribution is 7.99. The standard InChI is InChI=1S/C21H22ClN5O3S/c1-3-27-20(14-8-10-16(22)11-9-14)25-26-21(27)31-13-18(28)24-23-12-15-6-5-7-17(19(15)29)30-4-2/h5-12H,3-4,13H2,1-2H3,(H2,23,24,28,29). The molecule has 3 rings (SSSR count). The summed E-state index contributed by atoms with van der Waals surface area (Å²) in [5.41, 5.74) is 3.71. The maximum atomic E-state index is 12.2. The molecule has 0 saturated heterocycles. The van der Waals surface area contributed by atoms with Gasteiger partial charge in [0.1, 0.15) is 5.75 Å². The lowest BCUT2D eigenvalue weighted by Crippen LogP contribution is -2.36. The molecular weight excluding hydrogens is 438 g/mol. The summed E-state index contributed by atoms with van der Waals surface area (Å²) in [7, 11) is 0. The maximum absolute atomic E-state index is 12.2. The van der Waals surface area contributed by atoms with Crippen molar-refractivity contribution < 1.29 is 19.2 Å². The van der Waals surface area contributed by atoms with Crippen LogP contribution < -0.4 is 19.8 Å². The number of carbonyl (C=O) groups excluding carboxylic acids is 1. The van der Waals surface area contributed by atoms with Crippen molar-refractivity contribution in [2.45, 2.75) is 25.5 Å². The lowest BCUT2D eigenvalue weighted by Gasteiger charge is -2.15. The Kier molecular flexibility index (Phi) is 7.91. The van der Waals surface area contributed by atoms with Gasteiger partial charge in [-0.25, -0.2) is 9.99 Å². The maximum Gasteiger partial charge on any atom is 0.337 e. The molecule has 2 aromatic carbocycles. The second-order valence-corrected chi connectivity index (χ2v) is 7.67. The number of hydrazone groups is 1. The largest absolute Gasteiger partial charge is 0.870 e. The average Bonchev–Trinajstić information content (AvgIpc) is 3.18. The molecule has 1 heterocycles. The summed E-state index contributed by atoms with van der Waals surface area (Å²) < 4.78 is 7.25. The van der Waals surface area contributed by atoms with Crippen molar-refractivity contribution in [3.05, 3.63) is 53.1 Å². The lowest BCUT2D eigenvalue weighted by atomic mass is 10.2. The first-order chi connectivity index (χ1) is 15.0. The summed E-state index contributed by atoms with van der Waals surface area (Å²) in [6.07, 6.45) is 1.31. The van der Waals surface area contributed by atoms with Crippen molar-refractivity contribution in [2.75, 3.05) is 12.4 Å². The molecule has 0 spiro atoms. The van der Waals surface area contributed by atoms with Gasteiger partial charge < -0.3 is 9.84 Å². The summed E-state index contributed by atoms with van der Waals surface area (Å²) in [6.45, 7) is 4.88. The number of aromatic amines is 1. The highest BCUT2D eigenvalue weighted by Gasteiger charge is 2.21. The van der Waals surface area contributed by atoms with Crippen LogP contribution in [-0.2, 0) is 11.3 Å². The molecule has 0 saturated carbocycles. The second-order valence-electron chi connectivity index (χ2n) is 6.30. The number of thioether (sulfide) groups is 1. The number of halogens is 1. The normalized spacial score (nSPS) is 11.1. The molecule has 1 amide bonds. The molecule has 0 unspecified atom stereocenters. The van der Waals surface area contributed by atoms with Gasteiger partial charge in [-0.3, -0.25) is 4.79 Å². The minimum atomic E-state index is -0.312. The van der Waals surface area contributed by atoms with E-state index in [0.29, 0.717) is 28.9 Å². The number of hydrogen-bond donors (Lipinski definition) is 2. The number of para-hydroxylation sites is 1. The highest BCUT2D eigenvalue weighted by Crippen LogP contribution is 2.25. The zero-order valence-corrected chi connectivity index (χ0v) is 18.7. The first-order valence-corrected chi connectivity index (χ1v) is 11.0. The second kappa shape index (κ2) is 10.8. The van der Waals surface area contributed by atoms with Crippen molar-refractivity contribution in [3.63, 3.8) is 0 Å². The van der Waals surface area contributed by atoms with Crippen LogP contribution in [0.25, 0.3) is 11.4 Å². The quantitative estimate of drug-likeness (QED) is 0.221. The van der Waals surface area contributed by atoms with Crippen LogP contribution in [0.2, 0.25) is 5.02 Å². The van der Waals surface area contributed by atoms with Crippen molar-refractivity contribution in [1.82, 2.24) is 15.6 Å². The van der Waals surface area contributed by atoms with Crippen LogP contribution in [0.1, 0.15) is 19.4 Å². The Morgan fingerprint density at radius 1 is 1.32 bits per heavy atom. The number of H-pyrrole nitrogens is 1. The molecule has 3 aromatic rings. The number of nitrogens with one attached hydrogen (secondary N) is 2. The molecule has 10 heteroatoms. The number of nitrogens with zero attached hydrogens (tertiary/aromatic N) is 3. The van der Waals surface area contributed by atoms with Crippen LogP contribution in [0.3, 0.4) is 0 Å². The van der Waals surface area contributed by atoms with Crippen LogP contribution in [0, 0.1) is 0 Å². The number of ether oxygens (including phenoxy) is 1. The van der Waals surface area contributed by atoms with Crippen molar-refractivity contribution in [2.24, 2.45) is 5.10 Å². The molecule has 1 aromatic heterocycles. The zero-order valence-electron chi connectivity index (χ0n) is 17.1. The molecule has 0 atom stereocenters. The third-order valence-electron chi connectivity index (χ3n) is 4.23. The number of rotatable bonds is 9. The lowest BCUT2D eigenvalue weighted by molar-refractivity contribution is -0.719. The summed E-state index contributed by atoms with van der Waals surface area (Å²) in [6, 6.07) is 12.3. The monoisotopic (exact) mass is 459 g/mol. The number of aromatic nitrogens is 3. The molecular formula is C21H22ClN5O3S. The number of hydrogen-bond acceptors (Lipinski definition) is 6. The Labute approximate surface area is 189 Å². The van der Waals surface area contributed by atoms with E-state index in [0.717, 1.165) is 11.4 Å². The molecule has 31 heavy (non-hydrogen) atoms. The van der Waals surface area contributed by atoms with E-state index in [2.05, 4.69) is 20.7 Å². The van der Waals surface area contributed by atoms with Crippen LogP contribution in [0.15, 0.2) is 52.7 Å². The predicted octanol–water partition coefficient (Wildman–Crippen LogP) is 2.75. The molecule has 0 aliphatic carbocycles. The molecule has 0 radical (unpaired) electrons. The van der Waals surface area contributed by atoms with Crippen LogP contribution in [-0.4, -0.2) is 34.7 Å². The Morgan fingerprint density at radius 3 is 2.81 bits per heavy atom. The van der Waals surface area contributed by atoms with Gasteiger partial charge in [0.15, 0.2) is 0 Å². The first kappa shape index (κ1) is 22.6. The van der Waals surface area contributed by atoms with E-state index < -0.39 is 0 Å². The van der Waals surface area contributed by atoms with E-state index in [1.807, 2.05) is 35.8 Å². The molecule has 0 fully saturated rings. The first-order valence-electron chi connectivity index (χ1n) is 9.65. The highest BCUT2D eigenvalue weighted by atomic mass is 35.5. The number of amides is 1. The summed E-state index contributed by atoms with van der Waals surface area (Å²) >= 11 is 7.24. The van der Waals surface area contributed by atoms with Crippen molar-refractivity contribution >= 4 is 35.5 Å². The number of carbonyl (C=O) groups is 1. The molecule has 0 aliphatic heterocycles. The Balaban J connectivity index is 1.60. The van der Waals surface area contributed by atoms with Gasteiger partial charge in [0.25, 0.3) is 11.7 Å². The van der Waals surface area contributed by atoms with Gasteiger partial charge in [0.2, 0.25) is 0 Å². The van der Waals surface area contributed by atoms with Gasteiger partial charge in [0, 0.05) is 5.02 Å². The molecule has 8 nitrogen and oxygen atoms in total. The minimum absolute atomic E-state index is 0.117. The van der Waals surface area contributed by atoms with Crippen LogP contribution in [0.5, 0.6) is 11.5 Å². The number of benzene rings is 2. The van der Waals surface area contributed by atoms with Crippen molar-refractivity contribution in [3.8, 4) is 22.9 Å². The Morgan fingerprint density at radius 2 is 2.10 bits per heavy atom. The zero-order chi connectivity index (χ0) is 22.2. The van der Waals surface area contributed by atoms with E-state index in [4.69, 9.17) is 16.3 Å². The SMILES string of the molecule is CCOc1cccc(/C=N/NC(=O)CSc2n[nH]c(-c3ccc(Cl)cc3)[n+]2CC)c1[O-]. The Bertz CT molecular complexity index is 1070. The molecule has 0 aliphatic rings. The van der Waals surface area contributed by atoms with Gasteiger partial charge >= 0.3 is 5.16 Å². The van der Waals surface area contributed by atoms with E-state index in [-0.39, 0.29) is 23.2 Å². The van der Waals surface area contributed by atoms with E-state index in [1.165, 1.54) is 18.0 Å². The summed E-state index contributed by atoms with van der Waals surface area (Å²) in [5.74, 6) is 0.621. The fourth-order valence-electron chi connectivity index (χ4n) is 2.79. The predicted molar refractivity (Wildman–Crippen MR) is 118 cm³/mol. The summed E-state index contributed by atoms with van der Waals surface area (Å²) in [5, 5.41) is 24.7.